The second kappa shape index (κ2) is 4.95. The van der Waals surface area contributed by atoms with Crippen LogP contribution in [0.2, 0.25) is 0 Å². The molecule has 0 aromatic rings. The van der Waals surface area contributed by atoms with Crippen molar-refractivity contribution in [3.8, 4) is 0 Å². The molecule has 0 aromatic heterocycles. The summed E-state index contributed by atoms with van der Waals surface area (Å²) < 4.78 is 101. The van der Waals surface area contributed by atoms with E-state index in [0.717, 1.165) is 0 Å². The Labute approximate surface area is 91.7 Å². The Bertz CT molecular complexity index is 229. The molecule has 0 amide bonds. The van der Waals surface area contributed by atoms with Gasteiger partial charge in [0.25, 0.3) is 6.36 Å². The van der Waals surface area contributed by atoms with Crippen LogP contribution in [0.25, 0.3) is 0 Å². The van der Waals surface area contributed by atoms with Crippen molar-refractivity contribution < 1.29 is 39.9 Å². The third-order valence-electron chi connectivity index (χ3n) is 1.71. The van der Waals surface area contributed by atoms with Crippen molar-refractivity contribution in [2.75, 3.05) is 6.61 Å². The topological polar surface area (TPSA) is 9.23 Å². The van der Waals surface area contributed by atoms with Crippen molar-refractivity contribution in [1.82, 2.24) is 0 Å². The van der Waals surface area contributed by atoms with Crippen LogP contribution in [0.15, 0.2) is 0 Å². The standard InChI is InChI=1S/C8H10F8O/c1-4(2)3-17-5(9)6(10,7(11,12)13)8(14,15)16/h4-5H,3H2,1-2H3. The van der Waals surface area contributed by atoms with E-state index in [9.17, 15) is 35.1 Å². The van der Waals surface area contributed by atoms with Gasteiger partial charge in [-0.2, -0.15) is 26.3 Å². The van der Waals surface area contributed by atoms with Crippen molar-refractivity contribution >= 4 is 0 Å². The molecular weight excluding hydrogens is 264 g/mol. The Morgan fingerprint density at radius 1 is 0.882 bits per heavy atom. The van der Waals surface area contributed by atoms with Crippen molar-refractivity contribution in [3.05, 3.63) is 0 Å². The Morgan fingerprint density at radius 2 is 1.24 bits per heavy atom. The number of hydrogen-bond donors (Lipinski definition) is 0. The maximum Gasteiger partial charge on any atom is 0.437 e. The maximum absolute atomic E-state index is 12.9. The van der Waals surface area contributed by atoms with Crippen molar-refractivity contribution in [3.63, 3.8) is 0 Å². The molecule has 0 aliphatic rings. The average Bonchev–Trinajstić information content (AvgIpc) is 2.08. The predicted octanol–water partition coefficient (Wildman–Crippen LogP) is 3.79. The molecular formula is C8H10F8O. The molecule has 0 rings (SSSR count). The Hall–Kier alpha value is -0.600. The second-order valence-electron chi connectivity index (χ2n) is 3.75. The van der Waals surface area contributed by atoms with Gasteiger partial charge in [-0.1, -0.05) is 13.8 Å². The number of hydrogen-bond acceptors (Lipinski definition) is 1. The molecule has 0 aliphatic heterocycles. The van der Waals surface area contributed by atoms with Gasteiger partial charge >= 0.3 is 18.0 Å². The fourth-order valence-corrected chi connectivity index (χ4v) is 0.810. The van der Waals surface area contributed by atoms with Crippen LogP contribution in [0.1, 0.15) is 13.8 Å². The first kappa shape index (κ1) is 16.4. The van der Waals surface area contributed by atoms with Crippen molar-refractivity contribution in [2.45, 2.75) is 38.2 Å². The summed E-state index contributed by atoms with van der Waals surface area (Å²) in [5.41, 5.74) is -6.02. The SMILES string of the molecule is CC(C)COC(F)C(F)(C(F)(F)F)C(F)(F)F. The summed E-state index contributed by atoms with van der Waals surface area (Å²) in [6.45, 7) is 1.95. The number of alkyl halides is 8. The fraction of sp³-hybridized carbons (Fsp3) is 1.00. The molecule has 0 spiro atoms. The summed E-state index contributed by atoms with van der Waals surface area (Å²) in [7, 11) is 0. The van der Waals surface area contributed by atoms with E-state index in [0.29, 0.717) is 0 Å². The molecule has 0 aliphatic carbocycles. The van der Waals surface area contributed by atoms with E-state index in [2.05, 4.69) is 4.74 Å². The molecule has 0 radical (unpaired) electrons. The third-order valence-corrected chi connectivity index (χ3v) is 1.71. The lowest BCUT2D eigenvalue weighted by atomic mass is 10.1. The lowest BCUT2D eigenvalue weighted by molar-refractivity contribution is -0.385. The van der Waals surface area contributed by atoms with Crippen LogP contribution in [0, 0.1) is 5.92 Å². The molecule has 9 heteroatoms. The molecule has 0 saturated carbocycles. The summed E-state index contributed by atoms with van der Waals surface area (Å²) in [4.78, 5) is 0. The first-order valence-electron chi connectivity index (χ1n) is 4.42. The van der Waals surface area contributed by atoms with E-state index in [-0.39, 0.29) is 0 Å². The molecule has 0 heterocycles. The lowest BCUT2D eigenvalue weighted by Gasteiger charge is -2.32. The minimum atomic E-state index is -6.44. The smallest absolute Gasteiger partial charge is 0.345 e. The minimum Gasteiger partial charge on any atom is -0.345 e. The van der Waals surface area contributed by atoms with Gasteiger partial charge in [-0.3, -0.25) is 0 Å². The first-order chi connectivity index (χ1) is 7.34. The highest BCUT2D eigenvalue weighted by Gasteiger charge is 2.77. The first-order valence-corrected chi connectivity index (χ1v) is 4.42. The highest BCUT2D eigenvalue weighted by molar-refractivity contribution is 4.97. The molecule has 0 bridgehead atoms. The van der Waals surface area contributed by atoms with Crippen LogP contribution in [0.4, 0.5) is 35.1 Å². The van der Waals surface area contributed by atoms with Crippen LogP contribution in [-0.4, -0.2) is 31.0 Å². The van der Waals surface area contributed by atoms with Crippen molar-refractivity contribution in [2.24, 2.45) is 5.92 Å². The molecule has 0 N–H and O–H groups in total. The van der Waals surface area contributed by atoms with Crippen LogP contribution < -0.4 is 0 Å². The monoisotopic (exact) mass is 274 g/mol. The van der Waals surface area contributed by atoms with Gasteiger partial charge in [0.2, 0.25) is 0 Å². The van der Waals surface area contributed by atoms with Gasteiger partial charge in [-0.25, -0.2) is 8.78 Å². The molecule has 0 saturated heterocycles. The maximum atomic E-state index is 12.9. The van der Waals surface area contributed by atoms with Gasteiger partial charge in [0.1, 0.15) is 0 Å². The van der Waals surface area contributed by atoms with E-state index in [4.69, 9.17) is 0 Å². The van der Waals surface area contributed by atoms with E-state index < -0.39 is 36.9 Å². The van der Waals surface area contributed by atoms with E-state index >= 15 is 0 Å². The van der Waals surface area contributed by atoms with Gasteiger partial charge in [0.05, 0.1) is 6.61 Å². The summed E-state index contributed by atoms with van der Waals surface area (Å²) in [6.07, 6.45) is -17.0. The molecule has 104 valence electrons. The molecule has 0 aromatic carbocycles. The van der Waals surface area contributed by atoms with E-state index in [1.54, 1.807) is 0 Å². The van der Waals surface area contributed by atoms with E-state index in [1.807, 2.05) is 0 Å². The average molecular weight is 274 g/mol. The highest BCUT2D eigenvalue weighted by Crippen LogP contribution is 2.49. The Kier molecular flexibility index (Phi) is 4.77. The zero-order valence-corrected chi connectivity index (χ0v) is 8.79. The Morgan fingerprint density at radius 3 is 1.47 bits per heavy atom. The van der Waals surface area contributed by atoms with Crippen LogP contribution in [0.5, 0.6) is 0 Å². The quantitative estimate of drug-likeness (QED) is 0.709. The van der Waals surface area contributed by atoms with Crippen molar-refractivity contribution in [1.29, 1.82) is 0 Å². The van der Waals surface area contributed by atoms with Crippen LogP contribution in [-0.2, 0) is 4.74 Å². The summed E-state index contributed by atoms with van der Waals surface area (Å²) in [5, 5.41) is 0. The van der Waals surface area contributed by atoms with E-state index in [1.165, 1.54) is 13.8 Å². The zero-order valence-electron chi connectivity index (χ0n) is 8.79. The number of rotatable bonds is 4. The van der Waals surface area contributed by atoms with Gasteiger partial charge < -0.3 is 4.74 Å². The fourth-order valence-electron chi connectivity index (χ4n) is 0.810. The molecule has 1 nitrogen and oxygen atoms in total. The number of halogens is 8. The van der Waals surface area contributed by atoms with Crippen LogP contribution in [0.3, 0.4) is 0 Å². The minimum absolute atomic E-state index is 0.543. The molecule has 1 unspecified atom stereocenters. The third kappa shape index (κ3) is 3.43. The molecule has 0 fully saturated rings. The summed E-state index contributed by atoms with van der Waals surface area (Å²) in [6, 6.07) is 0. The van der Waals surface area contributed by atoms with Gasteiger partial charge in [0, 0.05) is 0 Å². The molecule has 1 atom stereocenters. The second-order valence-corrected chi connectivity index (χ2v) is 3.75. The zero-order chi connectivity index (χ0) is 14.1. The summed E-state index contributed by atoms with van der Waals surface area (Å²) >= 11 is 0. The highest BCUT2D eigenvalue weighted by atomic mass is 19.4. The normalized spacial score (nSPS) is 16.4. The van der Waals surface area contributed by atoms with Crippen LogP contribution >= 0.6 is 0 Å². The predicted molar refractivity (Wildman–Crippen MR) is 41.6 cm³/mol. The largest absolute Gasteiger partial charge is 0.437 e. The summed E-state index contributed by atoms with van der Waals surface area (Å²) in [5.74, 6) is -0.543. The Balaban J connectivity index is 5.08. The van der Waals surface area contributed by atoms with Gasteiger partial charge in [-0.05, 0) is 5.92 Å². The van der Waals surface area contributed by atoms with Gasteiger partial charge in [-0.15, -0.1) is 0 Å². The van der Waals surface area contributed by atoms with Gasteiger partial charge in [0.15, 0.2) is 0 Å². The lowest BCUT2D eigenvalue weighted by Crippen LogP contribution is -2.60. The number of ether oxygens (including phenoxy) is 1. The molecule has 17 heavy (non-hydrogen) atoms.